The number of nitrogens with two attached hydrogens (primary N) is 1. The second-order valence-corrected chi connectivity index (χ2v) is 6.57. The smallest absolute Gasteiger partial charge is 0.423 e. The van der Waals surface area contributed by atoms with E-state index in [1.165, 1.54) is 0 Å². The summed E-state index contributed by atoms with van der Waals surface area (Å²) in [4.78, 5) is 17.1. The van der Waals surface area contributed by atoms with Crippen LogP contribution in [0.2, 0.25) is 0 Å². The van der Waals surface area contributed by atoms with Crippen LogP contribution in [-0.4, -0.2) is 29.5 Å². The fourth-order valence-electron chi connectivity index (χ4n) is 3.60. The minimum absolute atomic E-state index is 0.0655. The maximum atomic E-state index is 13.0. The molecule has 0 spiro atoms. The lowest BCUT2D eigenvalue weighted by Gasteiger charge is -2.17. The van der Waals surface area contributed by atoms with E-state index >= 15 is 0 Å². The highest BCUT2D eigenvalue weighted by Gasteiger charge is 2.32. The molecule has 1 aromatic heterocycles. The molecule has 4 rings (SSSR count). The molecule has 1 unspecified atom stereocenters. The summed E-state index contributed by atoms with van der Waals surface area (Å²) >= 11 is 0. The predicted octanol–water partition coefficient (Wildman–Crippen LogP) is 1.31. The van der Waals surface area contributed by atoms with Gasteiger partial charge in [0.2, 0.25) is 0 Å². The maximum absolute atomic E-state index is 13.0. The van der Waals surface area contributed by atoms with Gasteiger partial charge in [0.15, 0.2) is 0 Å². The average Bonchev–Trinajstić information content (AvgIpc) is 3.04. The van der Waals surface area contributed by atoms with Crippen LogP contribution < -0.4 is 11.2 Å². The Bertz CT molecular complexity index is 976. The van der Waals surface area contributed by atoms with Crippen LogP contribution in [0.3, 0.4) is 0 Å². The van der Waals surface area contributed by atoms with Gasteiger partial charge in [0.25, 0.3) is 0 Å². The summed E-state index contributed by atoms with van der Waals surface area (Å²) in [6.07, 6.45) is 3.87. The number of rotatable bonds is 5. The molecule has 0 amide bonds. The number of nitrogens with zero attached hydrogens (tertiary/aromatic N) is 1. The molecule has 0 radical (unpaired) electrons. The van der Waals surface area contributed by atoms with Gasteiger partial charge < -0.3 is 15.4 Å². The van der Waals surface area contributed by atoms with Gasteiger partial charge in [-0.15, -0.1) is 0 Å². The van der Waals surface area contributed by atoms with Crippen LogP contribution in [0.5, 0.6) is 0 Å². The molecular formula is C20H19BN2O3. The molecule has 0 bridgehead atoms. The summed E-state index contributed by atoms with van der Waals surface area (Å²) in [5, 5.41) is 12.0. The second kappa shape index (κ2) is 7.00. The van der Waals surface area contributed by atoms with Crippen molar-refractivity contribution >= 4 is 29.1 Å². The zero-order chi connectivity index (χ0) is 18.1. The zero-order valence-corrected chi connectivity index (χ0v) is 14.3. The Balaban J connectivity index is 1.62. The number of hydrogen-bond acceptors (Lipinski definition) is 5. The van der Waals surface area contributed by atoms with E-state index in [0.29, 0.717) is 13.0 Å². The molecule has 6 heteroatoms. The van der Waals surface area contributed by atoms with Crippen molar-refractivity contribution < 1.29 is 14.5 Å². The van der Waals surface area contributed by atoms with Crippen LogP contribution in [0.15, 0.2) is 54.9 Å². The Morgan fingerprint density at radius 3 is 3.00 bits per heavy atom. The maximum Gasteiger partial charge on any atom is 0.491 e. The van der Waals surface area contributed by atoms with Gasteiger partial charge in [0.1, 0.15) is 5.78 Å². The molecule has 5 nitrogen and oxygen atoms in total. The Hall–Kier alpha value is -2.54. The van der Waals surface area contributed by atoms with Gasteiger partial charge in [0.05, 0.1) is 12.5 Å². The van der Waals surface area contributed by atoms with Crippen LogP contribution in [0.25, 0.3) is 10.8 Å². The fraction of sp³-hybridized carbons (Fsp3) is 0.200. The molecule has 1 aliphatic rings. The lowest BCUT2D eigenvalue weighted by Crippen LogP contribution is -2.30. The van der Waals surface area contributed by atoms with Crippen molar-refractivity contribution in [1.29, 1.82) is 0 Å². The molecule has 1 aliphatic heterocycles. The van der Waals surface area contributed by atoms with E-state index in [1.54, 1.807) is 6.20 Å². The number of carbonyl (C=O) groups is 1. The molecule has 3 N–H and O–H groups in total. The van der Waals surface area contributed by atoms with E-state index in [0.717, 1.165) is 32.9 Å². The summed E-state index contributed by atoms with van der Waals surface area (Å²) in [7, 11) is -0.924. The lowest BCUT2D eigenvalue weighted by atomic mass is 9.76. The Labute approximate surface area is 152 Å². The fourth-order valence-corrected chi connectivity index (χ4v) is 3.60. The minimum Gasteiger partial charge on any atom is -0.423 e. The number of benzene rings is 2. The number of ketones is 1. The van der Waals surface area contributed by atoms with Crippen LogP contribution in [0.1, 0.15) is 22.6 Å². The van der Waals surface area contributed by atoms with Crippen LogP contribution in [0.4, 0.5) is 0 Å². The molecule has 130 valence electrons. The molecule has 0 saturated heterocycles. The third-order valence-electron chi connectivity index (χ3n) is 4.98. The topological polar surface area (TPSA) is 85.4 Å². The number of hydrogen-bond donors (Lipinski definition) is 2. The highest BCUT2D eigenvalue weighted by molar-refractivity contribution is 6.61. The van der Waals surface area contributed by atoms with Gasteiger partial charge in [-0.2, -0.15) is 0 Å². The summed E-state index contributed by atoms with van der Waals surface area (Å²) in [6.45, 7) is 0.530. The highest BCUT2D eigenvalue weighted by atomic mass is 16.5. The third-order valence-corrected chi connectivity index (χ3v) is 4.98. The lowest BCUT2D eigenvalue weighted by molar-refractivity contribution is -0.119. The summed E-state index contributed by atoms with van der Waals surface area (Å²) in [5.74, 6) is -0.345. The molecule has 3 aromatic rings. The first kappa shape index (κ1) is 16.9. The monoisotopic (exact) mass is 346 g/mol. The number of fused-ring (bicyclic) bond motifs is 2. The van der Waals surface area contributed by atoms with Crippen LogP contribution >= 0.6 is 0 Å². The number of pyridine rings is 1. The highest BCUT2D eigenvalue weighted by Crippen LogP contribution is 2.25. The molecule has 0 saturated carbocycles. The Morgan fingerprint density at radius 2 is 2.15 bits per heavy atom. The SMILES string of the molecule is NCC(C(=O)Cc1ccc2cnccc2c1)c1cccc2c1COB2O. The largest absolute Gasteiger partial charge is 0.491 e. The Morgan fingerprint density at radius 1 is 1.27 bits per heavy atom. The van der Waals surface area contributed by atoms with Crippen molar-refractivity contribution in [3.63, 3.8) is 0 Å². The molecule has 1 atom stereocenters. The Kier molecular flexibility index (Phi) is 4.55. The molecule has 26 heavy (non-hydrogen) atoms. The number of Topliss-reactive ketones (excluding diaryl/α,β-unsaturated/α-hetero) is 1. The van der Waals surface area contributed by atoms with Crippen molar-refractivity contribution in [2.75, 3.05) is 6.54 Å². The summed E-state index contributed by atoms with van der Waals surface area (Å²) in [6, 6.07) is 13.5. The van der Waals surface area contributed by atoms with E-state index in [-0.39, 0.29) is 12.3 Å². The summed E-state index contributed by atoms with van der Waals surface area (Å²) < 4.78 is 5.30. The van der Waals surface area contributed by atoms with Gasteiger partial charge in [0, 0.05) is 30.7 Å². The van der Waals surface area contributed by atoms with Crippen molar-refractivity contribution in [1.82, 2.24) is 4.98 Å². The third kappa shape index (κ3) is 3.03. The first-order valence-corrected chi connectivity index (χ1v) is 8.64. The number of aromatic nitrogens is 1. The first-order chi connectivity index (χ1) is 12.7. The minimum atomic E-state index is -0.924. The molecule has 2 heterocycles. The molecular weight excluding hydrogens is 327 g/mol. The standard InChI is InChI=1S/C20H19BN2O3/c22-10-17(16-2-1-3-19-18(16)12-26-21(19)25)20(24)9-13-4-5-15-11-23-7-6-14(15)8-13/h1-8,11,17,25H,9-10,12,22H2. The van der Waals surface area contributed by atoms with E-state index in [1.807, 2.05) is 48.7 Å². The van der Waals surface area contributed by atoms with Gasteiger partial charge in [-0.05, 0) is 33.6 Å². The molecule has 0 aliphatic carbocycles. The van der Waals surface area contributed by atoms with Gasteiger partial charge in [-0.25, -0.2) is 0 Å². The van der Waals surface area contributed by atoms with Gasteiger partial charge in [-0.3, -0.25) is 9.78 Å². The van der Waals surface area contributed by atoms with Crippen molar-refractivity contribution in [2.24, 2.45) is 5.73 Å². The van der Waals surface area contributed by atoms with E-state index in [9.17, 15) is 9.82 Å². The van der Waals surface area contributed by atoms with E-state index in [2.05, 4.69) is 4.98 Å². The van der Waals surface area contributed by atoms with Crippen molar-refractivity contribution in [2.45, 2.75) is 18.9 Å². The quantitative estimate of drug-likeness (QED) is 0.681. The average molecular weight is 346 g/mol. The second-order valence-electron chi connectivity index (χ2n) is 6.57. The normalized spacial score (nSPS) is 14.5. The van der Waals surface area contributed by atoms with E-state index in [4.69, 9.17) is 10.4 Å². The van der Waals surface area contributed by atoms with Crippen LogP contribution in [0, 0.1) is 0 Å². The molecule has 0 fully saturated rings. The predicted molar refractivity (Wildman–Crippen MR) is 101 cm³/mol. The van der Waals surface area contributed by atoms with E-state index < -0.39 is 13.0 Å². The first-order valence-electron chi connectivity index (χ1n) is 8.64. The number of carbonyl (C=O) groups excluding carboxylic acids is 1. The van der Waals surface area contributed by atoms with Crippen LogP contribution in [-0.2, 0) is 22.5 Å². The zero-order valence-electron chi connectivity index (χ0n) is 14.3. The molecule has 2 aromatic carbocycles. The van der Waals surface area contributed by atoms with Gasteiger partial charge in [-0.1, -0.05) is 36.4 Å². The summed E-state index contributed by atoms with van der Waals surface area (Å²) in [5.41, 5.74) is 9.37. The van der Waals surface area contributed by atoms with Crippen molar-refractivity contribution in [3.05, 3.63) is 71.5 Å². The van der Waals surface area contributed by atoms with Gasteiger partial charge >= 0.3 is 7.12 Å². The van der Waals surface area contributed by atoms with Crippen molar-refractivity contribution in [3.8, 4) is 0 Å².